The Kier molecular flexibility index (Phi) is 4.52. The highest BCUT2D eigenvalue weighted by Gasteiger charge is 2.06. The molecule has 0 aromatic heterocycles. The van der Waals surface area contributed by atoms with E-state index in [0.717, 1.165) is 11.8 Å². The number of aryl methyl sites for hydroxylation is 1. The van der Waals surface area contributed by atoms with Crippen LogP contribution in [0.5, 0.6) is 0 Å². The lowest BCUT2D eigenvalue weighted by Gasteiger charge is -2.11. The van der Waals surface area contributed by atoms with E-state index in [-0.39, 0.29) is 0 Å². The molecule has 0 unspecified atom stereocenters. The first-order valence-corrected chi connectivity index (χ1v) is 8.30. The van der Waals surface area contributed by atoms with Crippen molar-refractivity contribution in [1.29, 1.82) is 0 Å². The van der Waals surface area contributed by atoms with Crippen molar-refractivity contribution >= 4 is 15.9 Å². The highest BCUT2D eigenvalue weighted by atomic mass is 79.9. The predicted molar refractivity (Wildman–Crippen MR) is 94.8 cm³/mol. The summed E-state index contributed by atoms with van der Waals surface area (Å²) in [5.41, 5.74) is 6.49. The van der Waals surface area contributed by atoms with Crippen LogP contribution < -0.4 is 0 Å². The highest BCUT2D eigenvalue weighted by Crippen LogP contribution is 2.32. The SMILES string of the molecule is BrCCc1cccc(-c2ccccc2-c2ccccc2)c1. The van der Waals surface area contributed by atoms with Gasteiger partial charge in [0.1, 0.15) is 0 Å². The van der Waals surface area contributed by atoms with Crippen LogP contribution >= 0.6 is 15.9 Å². The van der Waals surface area contributed by atoms with Gasteiger partial charge in [-0.1, -0.05) is 94.8 Å². The second-order valence-corrected chi connectivity index (χ2v) is 5.84. The van der Waals surface area contributed by atoms with Crippen molar-refractivity contribution in [2.24, 2.45) is 0 Å². The zero-order valence-corrected chi connectivity index (χ0v) is 13.4. The van der Waals surface area contributed by atoms with E-state index in [9.17, 15) is 0 Å². The number of hydrogen-bond donors (Lipinski definition) is 0. The number of halogens is 1. The maximum absolute atomic E-state index is 3.52. The molecule has 1 heteroatoms. The normalized spacial score (nSPS) is 10.5. The van der Waals surface area contributed by atoms with Gasteiger partial charge in [0, 0.05) is 5.33 Å². The van der Waals surface area contributed by atoms with Gasteiger partial charge in [-0.25, -0.2) is 0 Å². The Bertz CT molecular complexity index is 717. The average Bonchev–Trinajstić information content (AvgIpc) is 2.56. The predicted octanol–water partition coefficient (Wildman–Crippen LogP) is 5.96. The molecule has 0 aliphatic carbocycles. The Hall–Kier alpha value is -1.86. The van der Waals surface area contributed by atoms with E-state index in [1.807, 2.05) is 0 Å². The van der Waals surface area contributed by atoms with E-state index in [1.54, 1.807) is 0 Å². The minimum Gasteiger partial charge on any atom is -0.0924 e. The summed E-state index contributed by atoms with van der Waals surface area (Å²) in [5.74, 6) is 0. The first-order valence-electron chi connectivity index (χ1n) is 7.18. The summed E-state index contributed by atoms with van der Waals surface area (Å²) in [7, 11) is 0. The second-order valence-electron chi connectivity index (χ2n) is 5.05. The number of benzene rings is 3. The molecule has 0 saturated carbocycles. The Morgan fingerprint density at radius 2 is 1.24 bits per heavy atom. The molecular formula is C20H17Br. The van der Waals surface area contributed by atoms with Gasteiger partial charge in [0.15, 0.2) is 0 Å². The molecule has 0 aliphatic rings. The van der Waals surface area contributed by atoms with Crippen LogP contribution in [0.4, 0.5) is 0 Å². The number of alkyl halides is 1. The summed E-state index contributed by atoms with van der Waals surface area (Å²) in [6.45, 7) is 0. The standard InChI is InChI=1S/C20H17Br/c21-14-13-16-7-6-10-18(15-16)20-12-5-4-11-19(20)17-8-2-1-3-9-17/h1-12,15H,13-14H2. The molecule has 0 saturated heterocycles. The van der Waals surface area contributed by atoms with E-state index in [0.29, 0.717) is 0 Å². The van der Waals surface area contributed by atoms with E-state index < -0.39 is 0 Å². The first-order chi connectivity index (χ1) is 10.4. The maximum atomic E-state index is 3.52. The number of hydrogen-bond acceptors (Lipinski definition) is 0. The second kappa shape index (κ2) is 6.73. The lowest BCUT2D eigenvalue weighted by molar-refractivity contribution is 1.17. The van der Waals surface area contributed by atoms with Gasteiger partial charge in [-0.05, 0) is 34.2 Å². The summed E-state index contributed by atoms with van der Waals surface area (Å²) in [6, 6.07) is 28.0. The molecule has 0 spiro atoms. The zero-order valence-electron chi connectivity index (χ0n) is 11.8. The molecule has 3 rings (SSSR count). The Balaban J connectivity index is 2.09. The molecule has 0 amide bonds. The molecule has 0 bridgehead atoms. The van der Waals surface area contributed by atoms with E-state index >= 15 is 0 Å². The average molecular weight is 337 g/mol. The molecule has 21 heavy (non-hydrogen) atoms. The zero-order chi connectivity index (χ0) is 14.5. The summed E-state index contributed by atoms with van der Waals surface area (Å²) in [4.78, 5) is 0. The van der Waals surface area contributed by atoms with E-state index in [4.69, 9.17) is 0 Å². The molecule has 104 valence electrons. The van der Waals surface area contributed by atoms with Crippen molar-refractivity contribution in [2.75, 3.05) is 5.33 Å². The van der Waals surface area contributed by atoms with Gasteiger partial charge in [-0.3, -0.25) is 0 Å². The van der Waals surface area contributed by atoms with Crippen LogP contribution in [-0.2, 0) is 6.42 Å². The van der Waals surface area contributed by atoms with E-state index in [2.05, 4.69) is 94.8 Å². The quantitative estimate of drug-likeness (QED) is 0.516. The largest absolute Gasteiger partial charge is 0.0924 e. The smallest absolute Gasteiger partial charge is 0.00718 e. The third-order valence-corrected chi connectivity index (χ3v) is 4.03. The summed E-state index contributed by atoms with van der Waals surface area (Å²) in [6.07, 6.45) is 1.06. The fraction of sp³-hybridized carbons (Fsp3) is 0.100. The molecule has 0 radical (unpaired) electrons. The third-order valence-electron chi connectivity index (χ3n) is 3.63. The Labute approximate surface area is 134 Å². The lowest BCUT2D eigenvalue weighted by atomic mass is 9.93. The van der Waals surface area contributed by atoms with Crippen molar-refractivity contribution in [2.45, 2.75) is 6.42 Å². The van der Waals surface area contributed by atoms with Crippen molar-refractivity contribution < 1.29 is 0 Å². The molecule has 0 aliphatic heterocycles. The maximum Gasteiger partial charge on any atom is 0.00718 e. The fourth-order valence-corrected chi connectivity index (χ4v) is 3.07. The van der Waals surface area contributed by atoms with Crippen LogP contribution in [-0.4, -0.2) is 5.33 Å². The van der Waals surface area contributed by atoms with Crippen LogP contribution in [0.25, 0.3) is 22.3 Å². The van der Waals surface area contributed by atoms with Crippen LogP contribution in [0.2, 0.25) is 0 Å². The summed E-state index contributed by atoms with van der Waals surface area (Å²) in [5, 5.41) is 0.997. The fourth-order valence-electron chi connectivity index (χ4n) is 2.61. The highest BCUT2D eigenvalue weighted by molar-refractivity contribution is 9.09. The van der Waals surface area contributed by atoms with Gasteiger partial charge < -0.3 is 0 Å². The summed E-state index contributed by atoms with van der Waals surface area (Å²) >= 11 is 3.52. The van der Waals surface area contributed by atoms with E-state index in [1.165, 1.54) is 27.8 Å². The summed E-state index contributed by atoms with van der Waals surface area (Å²) < 4.78 is 0. The lowest BCUT2D eigenvalue weighted by Crippen LogP contribution is -1.89. The van der Waals surface area contributed by atoms with Crippen molar-refractivity contribution in [3.05, 3.63) is 84.4 Å². The molecule has 0 N–H and O–H groups in total. The monoisotopic (exact) mass is 336 g/mol. The molecule has 0 nitrogen and oxygen atoms in total. The van der Waals surface area contributed by atoms with Gasteiger partial charge in [0.2, 0.25) is 0 Å². The van der Waals surface area contributed by atoms with Crippen LogP contribution in [0.1, 0.15) is 5.56 Å². The molecule has 3 aromatic rings. The molecule has 0 heterocycles. The van der Waals surface area contributed by atoms with Crippen molar-refractivity contribution in [1.82, 2.24) is 0 Å². The van der Waals surface area contributed by atoms with Crippen molar-refractivity contribution in [3.8, 4) is 22.3 Å². The molecule has 0 fully saturated rings. The van der Waals surface area contributed by atoms with Crippen molar-refractivity contribution in [3.63, 3.8) is 0 Å². The molecular weight excluding hydrogens is 320 g/mol. The van der Waals surface area contributed by atoms with Gasteiger partial charge in [0.05, 0.1) is 0 Å². The minimum atomic E-state index is 0.997. The molecule has 3 aromatic carbocycles. The molecule has 0 atom stereocenters. The van der Waals surface area contributed by atoms with Gasteiger partial charge >= 0.3 is 0 Å². The van der Waals surface area contributed by atoms with Gasteiger partial charge in [-0.15, -0.1) is 0 Å². The topological polar surface area (TPSA) is 0 Å². The minimum absolute atomic E-state index is 0.997. The Morgan fingerprint density at radius 3 is 1.95 bits per heavy atom. The van der Waals surface area contributed by atoms with Crippen LogP contribution in [0.15, 0.2) is 78.9 Å². The first kappa shape index (κ1) is 14.1. The van der Waals surface area contributed by atoms with Crippen LogP contribution in [0.3, 0.4) is 0 Å². The number of rotatable bonds is 4. The third kappa shape index (κ3) is 3.25. The van der Waals surface area contributed by atoms with Crippen LogP contribution in [0, 0.1) is 0 Å². The Morgan fingerprint density at radius 1 is 0.619 bits per heavy atom. The van der Waals surface area contributed by atoms with Gasteiger partial charge in [-0.2, -0.15) is 0 Å². The van der Waals surface area contributed by atoms with Gasteiger partial charge in [0.25, 0.3) is 0 Å².